The van der Waals surface area contributed by atoms with Gasteiger partial charge in [0.05, 0.1) is 11.8 Å². The number of carbonyl (C=O) groups is 1. The molecule has 0 bridgehead atoms. The van der Waals surface area contributed by atoms with Gasteiger partial charge in [0.2, 0.25) is 5.91 Å². The minimum atomic E-state index is -0.546. The quantitative estimate of drug-likeness (QED) is 0.859. The Morgan fingerprint density at radius 2 is 2.17 bits per heavy atom. The maximum absolute atomic E-state index is 12.5. The summed E-state index contributed by atoms with van der Waals surface area (Å²) in [5.41, 5.74) is 1.60. The van der Waals surface area contributed by atoms with E-state index in [4.69, 9.17) is 0 Å². The molecule has 1 saturated heterocycles. The van der Waals surface area contributed by atoms with E-state index in [9.17, 15) is 9.90 Å². The average molecular weight is 323 g/mol. The average Bonchev–Trinajstić information content (AvgIpc) is 3.09. The van der Waals surface area contributed by atoms with Crippen LogP contribution in [0.15, 0.2) is 55.0 Å². The van der Waals surface area contributed by atoms with E-state index in [1.807, 2.05) is 35.2 Å². The highest BCUT2D eigenvalue weighted by molar-refractivity contribution is 5.91. The van der Waals surface area contributed by atoms with Crippen molar-refractivity contribution in [3.05, 3.63) is 66.3 Å². The summed E-state index contributed by atoms with van der Waals surface area (Å²) in [6.07, 6.45) is 8.27. The Hall–Kier alpha value is -2.53. The number of likely N-dealkylation sites (tertiary alicyclic amines) is 1. The number of rotatable bonds is 5. The van der Waals surface area contributed by atoms with E-state index in [-0.39, 0.29) is 11.9 Å². The molecule has 1 amide bonds. The van der Waals surface area contributed by atoms with Gasteiger partial charge in [-0.2, -0.15) is 0 Å². The summed E-state index contributed by atoms with van der Waals surface area (Å²) in [7, 11) is 0. The van der Waals surface area contributed by atoms with Crippen molar-refractivity contribution in [3.8, 4) is 0 Å². The van der Waals surface area contributed by atoms with Gasteiger partial charge in [0.1, 0.15) is 6.33 Å². The van der Waals surface area contributed by atoms with E-state index < -0.39 is 6.10 Å². The summed E-state index contributed by atoms with van der Waals surface area (Å²) in [6.45, 7) is 0.735. The van der Waals surface area contributed by atoms with Crippen LogP contribution in [0.2, 0.25) is 0 Å². The van der Waals surface area contributed by atoms with Crippen molar-refractivity contribution in [2.45, 2.75) is 31.4 Å². The number of carbonyl (C=O) groups excluding carboxylic acids is 1. The molecular weight excluding hydrogens is 302 g/mol. The minimum absolute atomic E-state index is 0.0311. The van der Waals surface area contributed by atoms with Crippen molar-refractivity contribution in [3.63, 3.8) is 0 Å². The highest BCUT2D eigenvalue weighted by Crippen LogP contribution is 2.27. The van der Waals surface area contributed by atoms with Crippen molar-refractivity contribution in [2.75, 3.05) is 6.54 Å². The Bertz CT molecular complexity index is 688. The number of hydrogen-bond acceptors (Lipinski definition) is 4. The molecule has 1 N–H and O–H groups in total. The minimum Gasteiger partial charge on any atom is -0.388 e. The normalized spacial score (nSPS) is 18.9. The molecule has 0 spiro atoms. The molecule has 0 aliphatic carbocycles. The van der Waals surface area contributed by atoms with Crippen LogP contribution in [-0.4, -0.2) is 38.5 Å². The first-order valence-corrected chi connectivity index (χ1v) is 8.22. The van der Waals surface area contributed by atoms with Crippen molar-refractivity contribution < 1.29 is 9.90 Å². The molecule has 2 aromatic rings. The lowest BCUT2D eigenvalue weighted by Crippen LogP contribution is -2.35. The zero-order valence-corrected chi connectivity index (χ0v) is 13.5. The number of amides is 1. The van der Waals surface area contributed by atoms with E-state index in [0.29, 0.717) is 12.1 Å². The van der Waals surface area contributed by atoms with Gasteiger partial charge in [0.15, 0.2) is 0 Å². The molecule has 1 fully saturated rings. The van der Waals surface area contributed by atoms with Gasteiger partial charge in [-0.25, -0.2) is 9.97 Å². The van der Waals surface area contributed by atoms with Gasteiger partial charge < -0.3 is 10.0 Å². The molecule has 2 unspecified atom stereocenters. The van der Waals surface area contributed by atoms with Gasteiger partial charge in [-0.1, -0.05) is 30.3 Å². The summed E-state index contributed by atoms with van der Waals surface area (Å²) >= 11 is 0. The Labute approximate surface area is 141 Å². The molecule has 5 nitrogen and oxygen atoms in total. The standard InChI is InChI=1S/C19H21N3O2/c23-18(15-5-2-1-3-6-15)13-17-7-4-12-22(17)19(24)9-8-16-10-11-20-14-21-16/h1-3,5-6,8-11,14,17-18,23H,4,7,12-13H2/b9-8+. The summed E-state index contributed by atoms with van der Waals surface area (Å²) in [6, 6.07) is 11.4. The molecule has 24 heavy (non-hydrogen) atoms. The molecule has 1 aliphatic heterocycles. The van der Waals surface area contributed by atoms with E-state index in [2.05, 4.69) is 9.97 Å². The first kappa shape index (κ1) is 16.3. The fraction of sp³-hybridized carbons (Fsp3) is 0.316. The van der Waals surface area contributed by atoms with Gasteiger partial charge in [-0.05, 0) is 37.0 Å². The number of aliphatic hydroxyl groups excluding tert-OH is 1. The molecule has 1 aromatic carbocycles. The largest absolute Gasteiger partial charge is 0.388 e. The smallest absolute Gasteiger partial charge is 0.246 e. The lowest BCUT2D eigenvalue weighted by Gasteiger charge is -2.25. The summed E-state index contributed by atoms with van der Waals surface area (Å²) in [5, 5.41) is 10.4. The fourth-order valence-electron chi connectivity index (χ4n) is 3.09. The molecule has 3 rings (SSSR count). The van der Waals surface area contributed by atoms with Crippen molar-refractivity contribution in [1.29, 1.82) is 0 Å². The van der Waals surface area contributed by atoms with E-state index >= 15 is 0 Å². The molecule has 5 heteroatoms. The number of aliphatic hydroxyl groups is 1. The number of hydrogen-bond donors (Lipinski definition) is 1. The molecule has 0 radical (unpaired) electrons. The van der Waals surface area contributed by atoms with Crippen LogP contribution >= 0.6 is 0 Å². The van der Waals surface area contributed by atoms with Crippen molar-refractivity contribution in [1.82, 2.24) is 14.9 Å². The third-order valence-corrected chi connectivity index (χ3v) is 4.34. The van der Waals surface area contributed by atoms with Gasteiger partial charge >= 0.3 is 0 Å². The highest BCUT2D eigenvalue weighted by atomic mass is 16.3. The number of aromatic nitrogens is 2. The van der Waals surface area contributed by atoms with Crippen LogP contribution in [0.3, 0.4) is 0 Å². The van der Waals surface area contributed by atoms with Gasteiger partial charge in [-0.3, -0.25) is 4.79 Å². The second-order valence-electron chi connectivity index (χ2n) is 5.96. The Morgan fingerprint density at radius 3 is 2.92 bits per heavy atom. The second kappa shape index (κ2) is 7.84. The summed E-state index contributed by atoms with van der Waals surface area (Å²) in [4.78, 5) is 22.2. The Balaban J connectivity index is 1.62. The van der Waals surface area contributed by atoms with Crippen LogP contribution in [0.4, 0.5) is 0 Å². The maximum atomic E-state index is 12.5. The molecule has 2 atom stereocenters. The Morgan fingerprint density at radius 1 is 1.33 bits per heavy atom. The Kier molecular flexibility index (Phi) is 5.33. The van der Waals surface area contributed by atoms with Crippen LogP contribution in [0.1, 0.15) is 36.6 Å². The number of benzene rings is 1. The SMILES string of the molecule is O=C(/C=C/c1ccncn1)N1CCCC1CC(O)c1ccccc1. The molecule has 1 aliphatic rings. The van der Waals surface area contributed by atoms with Gasteiger partial charge in [0, 0.05) is 24.9 Å². The first-order chi connectivity index (χ1) is 11.7. The lowest BCUT2D eigenvalue weighted by molar-refractivity contribution is -0.127. The van der Waals surface area contributed by atoms with E-state index in [1.165, 1.54) is 6.33 Å². The third-order valence-electron chi connectivity index (χ3n) is 4.34. The van der Waals surface area contributed by atoms with E-state index in [0.717, 1.165) is 24.9 Å². The van der Waals surface area contributed by atoms with Crippen molar-refractivity contribution >= 4 is 12.0 Å². The third kappa shape index (κ3) is 4.06. The van der Waals surface area contributed by atoms with E-state index in [1.54, 1.807) is 24.4 Å². The summed E-state index contributed by atoms with van der Waals surface area (Å²) in [5.74, 6) is -0.0311. The van der Waals surface area contributed by atoms with Gasteiger partial charge in [-0.15, -0.1) is 0 Å². The maximum Gasteiger partial charge on any atom is 0.246 e. The lowest BCUT2D eigenvalue weighted by atomic mass is 10.0. The van der Waals surface area contributed by atoms with Crippen LogP contribution in [0.5, 0.6) is 0 Å². The molecular formula is C19H21N3O2. The van der Waals surface area contributed by atoms with Crippen LogP contribution in [0, 0.1) is 0 Å². The molecule has 124 valence electrons. The fourth-order valence-corrected chi connectivity index (χ4v) is 3.09. The molecule has 2 heterocycles. The highest BCUT2D eigenvalue weighted by Gasteiger charge is 2.29. The van der Waals surface area contributed by atoms with Crippen LogP contribution < -0.4 is 0 Å². The monoisotopic (exact) mass is 323 g/mol. The first-order valence-electron chi connectivity index (χ1n) is 8.22. The predicted molar refractivity (Wildman–Crippen MR) is 91.8 cm³/mol. The summed E-state index contributed by atoms with van der Waals surface area (Å²) < 4.78 is 0. The van der Waals surface area contributed by atoms with Crippen LogP contribution in [0.25, 0.3) is 6.08 Å². The van der Waals surface area contributed by atoms with Crippen molar-refractivity contribution in [2.24, 2.45) is 0 Å². The van der Waals surface area contributed by atoms with Gasteiger partial charge in [0.25, 0.3) is 0 Å². The number of nitrogens with zero attached hydrogens (tertiary/aromatic N) is 3. The molecule has 0 saturated carbocycles. The zero-order valence-electron chi connectivity index (χ0n) is 13.5. The zero-order chi connectivity index (χ0) is 16.8. The van der Waals surface area contributed by atoms with Crippen LogP contribution in [-0.2, 0) is 4.79 Å². The molecule has 1 aromatic heterocycles. The topological polar surface area (TPSA) is 66.3 Å². The second-order valence-corrected chi connectivity index (χ2v) is 5.96. The predicted octanol–water partition coefficient (Wildman–Crippen LogP) is 2.60.